The summed E-state index contributed by atoms with van der Waals surface area (Å²) in [7, 11) is 2.31. The molecule has 2 aliphatic rings. The van der Waals surface area contributed by atoms with Crippen molar-refractivity contribution in [3.05, 3.63) is 0 Å². The third-order valence-electron chi connectivity index (χ3n) is 4.79. The first-order chi connectivity index (χ1) is 8.16. The standard InChI is InChI=1S/C15H30N2/c1-12-5-4-6-15(11-12)17(3)10-9-16-13(2)14-7-8-14/h12-16H,4-11H2,1-3H3. The summed E-state index contributed by atoms with van der Waals surface area (Å²) in [5.74, 6) is 1.92. The highest BCUT2D eigenvalue weighted by Crippen LogP contribution is 2.32. The molecule has 0 aromatic carbocycles. The molecule has 100 valence electrons. The summed E-state index contributed by atoms with van der Waals surface area (Å²) in [6.07, 6.45) is 8.60. The van der Waals surface area contributed by atoms with Gasteiger partial charge in [-0.15, -0.1) is 0 Å². The molecule has 3 atom stereocenters. The zero-order valence-electron chi connectivity index (χ0n) is 11.9. The highest BCUT2D eigenvalue weighted by atomic mass is 15.1. The minimum absolute atomic E-state index is 0.744. The molecule has 0 spiro atoms. The van der Waals surface area contributed by atoms with Crippen LogP contribution >= 0.6 is 0 Å². The van der Waals surface area contributed by atoms with E-state index in [2.05, 4.69) is 31.1 Å². The quantitative estimate of drug-likeness (QED) is 0.765. The summed E-state index contributed by atoms with van der Waals surface area (Å²) >= 11 is 0. The maximum absolute atomic E-state index is 3.68. The van der Waals surface area contributed by atoms with Gasteiger partial charge in [0, 0.05) is 25.2 Å². The van der Waals surface area contributed by atoms with Crippen LogP contribution in [0.4, 0.5) is 0 Å². The van der Waals surface area contributed by atoms with Crippen molar-refractivity contribution in [3.63, 3.8) is 0 Å². The Hall–Kier alpha value is -0.0800. The Morgan fingerprint density at radius 3 is 2.65 bits per heavy atom. The van der Waals surface area contributed by atoms with Crippen molar-refractivity contribution in [2.45, 2.75) is 64.5 Å². The second-order valence-electron chi connectivity index (χ2n) is 6.49. The summed E-state index contributed by atoms with van der Waals surface area (Å²) in [5, 5.41) is 3.68. The zero-order valence-corrected chi connectivity index (χ0v) is 11.9. The van der Waals surface area contributed by atoms with Gasteiger partial charge in [0.15, 0.2) is 0 Å². The van der Waals surface area contributed by atoms with Gasteiger partial charge in [-0.25, -0.2) is 0 Å². The Morgan fingerprint density at radius 1 is 1.24 bits per heavy atom. The van der Waals surface area contributed by atoms with E-state index in [1.807, 2.05) is 0 Å². The number of hydrogen-bond acceptors (Lipinski definition) is 2. The summed E-state index contributed by atoms with van der Waals surface area (Å²) in [6.45, 7) is 7.14. The van der Waals surface area contributed by atoms with Gasteiger partial charge in [0.25, 0.3) is 0 Å². The number of rotatable bonds is 6. The molecule has 0 amide bonds. The summed E-state index contributed by atoms with van der Waals surface area (Å²) in [4.78, 5) is 2.59. The van der Waals surface area contributed by atoms with Crippen molar-refractivity contribution in [2.24, 2.45) is 11.8 Å². The first-order valence-corrected chi connectivity index (χ1v) is 7.60. The monoisotopic (exact) mass is 238 g/mol. The molecule has 1 N–H and O–H groups in total. The largest absolute Gasteiger partial charge is 0.313 e. The van der Waals surface area contributed by atoms with Gasteiger partial charge in [0.1, 0.15) is 0 Å². The van der Waals surface area contributed by atoms with Crippen LogP contribution in [0.15, 0.2) is 0 Å². The lowest BCUT2D eigenvalue weighted by atomic mass is 9.86. The third-order valence-corrected chi connectivity index (χ3v) is 4.79. The van der Waals surface area contributed by atoms with Gasteiger partial charge >= 0.3 is 0 Å². The van der Waals surface area contributed by atoms with E-state index in [-0.39, 0.29) is 0 Å². The Labute approximate surface area is 107 Å². The molecule has 2 saturated carbocycles. The van der Waals surface area contributed by atoms with Crippen LogP contribution in [0.25, 0.3) is 0 Å². The van der Waals surface area contributed by atoms with E-state index in [9.17, 15) is 0 Å². The molecule has 0 heterocycles. The second kappa shape index (κ2) is 6.19. The first kappa shape index (κ1) is 13.4. The maximum atomic E-state index is 3.68. The molecule has 2 aliphatic carbocycles. The van der Waals surface area contributed by atoms with Crippen molar-refractivity contribution in [1.82, 2.24) is 10.2 Å². The van der Waals surface area contributed by atoms with Crippen LogP contribution in [-0.4, -0.2) is 37.1 Å². The molecule has 0 saturated heterocycles. The van der Waals surface area contributed by atoms with Gasteiger partial charge < -0.3 is 10.2 Å². The van der Waals surface area contributed by atoms with Crippen molar-refractivity contribution in [3.8, 4) is 0 Å². The average molecular weight is 238 g/mol. The van der Waals surface area contributed by atoms with Crippen molar-refractivity contribution in [2.75, 3.05) is 20.1 Å². The van der Waals surface area contributed by atoms with E-state index in [0.717, 1.165) is 23.9 Å². The van der Waals surface area contributed by atoms with E-state index in [1.54, 1.807) is 0 Å². The molecule has 0 radical (unpaired) electrons. The van der Waals surface area contributed by atoms with E-state index in [4.69, 9.17) is 0 Å². The fourth-order valence-electron chi connectivity index (χ4n) is 3.22. The maximum Gasteiger partial charge on any atom is 0.0107 e. The normalized spacial score (nSPS) is 31.8. The predicted octanol–water partition coefficient (Wildman–Crippen LogP) is 2.89. The van der Waals surface area contributed by atoms with E-state index in [1.165, 1.54) is 51.6 Å². The zero-order chi connectivity index (χ0) is 12.3. The highest BCUT2D eigenvalue weighted by molar-refractivity contribution is 4.84. The SMILES string of the molecule is CC1CCCC(N(C)CCNC(C)C2CC2)C1. The van der Waals surface area contributed by atoms with Crippen LogP contribution in [-0.2, 0) is 0 Å². The van der Waals surface area contributed by atoms with Crippen molar-refractivity contribution in [1.29, 1.82) is 0 Å². The van der Waals surface area contributed by atoms with Gasteiger partial charge in [-0.2, -0.15) is 0 Å². The molecule has 0 bridgehead atoms. The van der Waals surface area contributed by atoms with Gasteiger partial charge in [-0.05, 0) is 51.5 Å². The van der Waals surface area contributed by atoms with Gasteiger partial charge in [-0.3, -0.25) is 0 Å². The van der Waals surface area contributed by atoms with Gasteiger partial charge in [0.05, 0.1) is 0 Å². The highest BCUT2D eigenvalue weighted by Gasteiger charge is 2.27. The van der Waals surface area contributed by atoms with Crippen LogP contribution in [0.1, 0.15) is 52.4 Å². The molecule has 2 rings (SSSR count). The molecular formula is C15H30N2. The fraction of sp³-hybridized carbons (Fsp3) is 1.00. The molecule has 2 nitrogen and oxygen atoms in total. The summed E-state index contributed by atoms with van der Waals surface area (Å²) in [5.41, 5.74) is 0. The molecule has 0 aromatic heterocycles. The van der Waals surface area contributed by atoms with Crippen LogP contribution in [0.2, 0.25) is 0 Å². The molecular weight excluding hydrogens is 208 g/mol. The lowest BCUT2D eigenvalue weighted by Crippen LogP contribution is -2.41. The number of hydrogen-bond donors (Lipinski definition) is 1. The number of likely N-dealkylation sites (N-methyl/N-ethyl adjacent to an activating group) is 1. The number of nitrogens with zero attached hydrogens (tertiary/aromatic N) is 1. The smallest absolute Gasteiger partial charge is 0.0107 e. The van der Waals surface area contributed by atoms with E-state index < -0.39 is 0 Å². The minimum Gasteiger partial charge on any atom is -0.313 e. The Balaban J connectivity index is 1.60. The summed E-state index contributed by atoms with van der Waals surface area (Å²) in [6, 6.07) is 1.59. The Kier molecular flexibility index (Phi) is 4.87. The fourth-order valence-corrected chi connectivity index (χ4v) is 3.22. The van der Waals surface area contributed by atoms with E-state index >= 15 is 0 Å². The second-order valence-corrected chi connectivity index (χ2v) is 6.49. The van der Waals surface area contributed by atoms with Gasteiger partial charge in [0.2, 0.25) is 0 Å². The molecule has 0 aliphatic heterocycles. The van der Waals surface area contributed by atoms with Crippen molar-refractivity contribution < 1.29 is 0 Å². The summed E-state index contributed by atoms with van der Waals surface area (Å²) < 4.78 is 0. The van der Waals surface area contributed by atoms with Crippen LogP contribution < -0.4 is 5.32 Å². The third kappa shape index (κ3) is 4.26. The molecule has 2 fully saturated rings. The first-order valence-electron chi connectivity index (χ1n) is 7.60. The van der Waals surface area contributed by atoms with Crippen LogP contribution in [0.3, 0.4) is 0 Å². The predicted molar refractivity (Wildman–Crippen MR) is 74.2 cm³/mol. The lowest BCUT2D eigenvalue weighted by Gasteiger charge is -2.34. The lowest BCUT2D eigenvalue weighted by molar-refractivity contribution is 0.163. The van der Waals surface area contributed by atoms with Gasteiger partial charge in [-0.1, -0.05) is 19.8 Å². The van der Waals surface area contributed by atoms with Crippen molar-refractivity contribution >= 4 is 0 Å². The van der Waals surface area contributed by atoms with Crippen LogP contribution in [0.5, 0.6) is 0 Å². The average Bonchev–Trinajstić information content (AvgIpc) is 3.12. The Morgan fingerprint density at radius 2 is 2.00 bits per heavy atom. The molecule has 0 aromatic rings. The minimum atomic E-state index is 0.744. The topological polar surface area (TPSA) is 15.3 Å². The number of nitrogens with one attached hydrogen (secondary N) is 1. The molecule has 2 heteroatoms. The molecule has 3 unspecified atom stereocenters. The van der Waals surface area contributed by atoms with Crippen LogP contribution in [0, 0.1) is 11.8 Å². The Bertz CT molecular complexity index is 225. The molecule has 17 heavy (non-hydrogen) atoms. The van der Waals surface area contributed by atoms with E-state index in [0.29, 0.717) is 0 Å².